The van der Waals surface area contributed by atoms with Crippen LogP contribution < -0.4 is 9.64 Å². The van der Waals surface area contributed by atoms with Gasteiger partial charge in [0.05, 0.1) is 15.6 Å². The van der Waals surface area contributed by atoms with Crippen molar-refractivity contribution in [1.82, 2.24) is 19.7 Å². The molecular formula is C24H22N6O3S. The zero-order valence-electron chi connectivity index (χ0n) is 18.2. The molecule has 9 nitrogen and oxygen atoms in total. The van der Waals surface area contributed by atoms with Crippen LogP contribution in [0.1, 0.15) is 12.8 Å². The van der Waals surface area contributed by atoms with Crippen LogP contribution >= 0.6 is 11.8 Å². The molecule has 2 aromatic carbocycles. The van der Waals surface area contributed by atoms with E-state index in [9.17, 15) is 10.1 Å². The number of rotatable bonds is 7. The quantitative estimate of drug-likeness (QED) is 0.269. The number of pyridine rings is 1. The molecule has 0 unspecified atom stereocenters. The second-order valence-corrected chi connectivity index (χ2v) is 9.14. The maximum absolute atomic E-state index is 11.7. The van der Waals surface area contributed by atoms with Crippen molar-refractivity contribution in [2.75, 3.05) is 18.0 Å². The van der Waals surface area contributed by atoms with Crippen molar-refractivity contribution in [3.05, 3.63) is 89.6 Å². The highest BCUT2D eigenvalue weighted by molar-refractivity contribution is 7.99. The molecule has 0 aliphatic carbocycles. The number of hydrogen-bond donors (Lipinski definition) is 0. The first kappa shape index (κ1) is 21.9. The normalized spacial score (nSPS) is 14.2. The zero-order valence-corrected chi connectivity index (χ0v) is 19.0. The minimum atomic E-state index is -0.333. The number of nitrogens with zero attached hydrogens (tertiary/aromatic N) is 6. The summed E-state index contributed by atoms with van der Waals surface area (Å²) < 4.78 is 7.67. The second kappa shape index (κ2) is 9.92. The minimum absolute atomic E-state index is 0.0877. The summed E-state index contributed by atoms with van der Waals surface area (Å²) >= 11 is 1.77. The lowest BCUT2D eigenvalue weighted by atomic mass is 10.1. The van der Waals surface area contributed by atoms with Crippen LogP contribution in [0.15, 0.2) is 84.5 Å². The number of thioether (sulfide) groups is 1. The van der Waals surface area contributed by atoms with Crippen LogP contribution in [0.2, 0.25) is 0 Å². The monoisotopic (exact) mass is 474 g/mol. The maximum Gasteiger partial charge on any atom is 0.292 e. The van der Waals surface area contributed by atoms with Gasteiger partial charge in [-0.15, -0.1) is 11.8 Å². The summed E-state index contributed by atoms with van der Waals surface area (Å²) in [5.74, 6) is 1.19. The molecule has 1 saturated heterocycles. The van der Waals surface area contributed by atoms with Crippen molar-refractivity contribution >= 4 is 23.1 Å². The largest absolute Gasteiger partial charge is 0.457 e. The van der Waals surface area contributed by atoms with Crippen LogP contribution in [0.3, 0.4) is 0 Å². The van der Waals surface area contributed by atoms with E-state index in [1.807, 2.05) is 42.5 Å². The van der Waals surface area contributed by atoms with Crippen LogP contribution in [0.5, 0.6) is 11.5 Å². The van der Waals surface area contributed by atoms with Crippen molar-refractivity contribution < 1.29 is 9.66 Å². The van der Waals surface area contributed by atoms with Crippen molar-refractivity contribution in [3.8, 4) is 17.2 Å². The molecule has 172 valence electrons. The van der Waals surface area contributed by atoms with Crippen molar-refractivity contribution in [2.45, 2.75) is 23.1 Å². The van der Waals surface area contributed by atoms with Gasteiger partial charge in [-0.05, 0) is 55.3 Å². The summed E-state index contributed by atoms with van der Waals surface area (Å²) in [6.45, 7) is 1.47. The predicted molar refractivity (Wildman–Crippen MR) is 130 cm³/mol. The highest BCUT2D eigenvalue weighted by atomic mass is 32.2. The summed E-state index contributed by atoms with van der Waals surface area (Å²) in [6.07, 6.45) is 6.74. The smallest absolute Gasteiger partial charge is 0.292 e. The van der Waals surface area contributed by atoms with E-state index in [1.165, 1.54) is 12.4 Å². The van der Waals surface area contributed by atoms with Crippen LogP contribution in [-0.2, 0) is 0 Å². The lowest BCUT2D eigenvalue weighted by molar-refractivity contribution is -0.384. The second-order valence-electron chi connectivity index (χ2n) is 7.82. The van der Waals surface area contributed by atoms with Gasteiger partial charge in [0, 0.05) is 36.7 Å². The third-order valence-corrected chi connectivity index (χ3v) is 6.89. The molecule has 0 amide bonds. The van der Waals surface area contributed by atoms with Gasteiger partial charge in [0.2, 0.25) is 0 Å². The first-order valence-corrected chi connectivity index (χ1v) is 11.8. The van der Waals surface area contributed by atoms with E-state index < -0.39 is 0 Å². The van der Waals surface area contributed by atoms with Gasteiger partial charge >= 0.3 is 0 Å². The molecule has 34 heavy (non-hydrogen) atoms. The van der Waals surface area contributed by atoms with Crippen LogP contribution in [-0.4, -0.2) is 43.0 Å². The number of nitro benzene ring substituents is 1. The fraction of sp³-hybridized carbons (Fsp3) is 0.208. The molecule has 3 heterocycles. The molecule has 5 rings (SSSR count). The van der Waals surface area contributed by atoms with E-state index in [0.29, 0.717) is 22.4 Å². The highest BCUT2D eigenvalue weighted by Gasteiger charge is 2.26. The molecule has 0 atom stereocenters. The molecular weight excluding hydrogens is 452 g/mol. The Balaban J connectivity index is 1.29. The van der Waals surface area contributed by atoms with Crippen molar-refractivity contribution in [3.63, 3.8) is 0 Å². The Bertz CT molecular complexity index is 1240. The van der Waals surface area contributed by atoms with Gasteiger partial charge in [0.15, 0.2) is 0 Å². The highest BCUT2D eigenvalue weighted by Crippen LogP contribution is 2.37. The Hall–Kier alpha value is -3.92. The average Bonchev–Trinajstić information content (AvgIpc) is 3.41. The van der Waals surface area contributed by atoms with E-state index in [4.69, 9.17) is 4.74 Å². The number of ether oxygens (including phenoxy) is 1. The van der Waals surface area contributed by atoms with E-state index in [2.05, 4.69) is 20.0 Å². The van der Waals surface area contributed by atoms with Crippen LogP contribution in [0.4, 0.5) is 11.4 Å². The van der Waals surface area contributed by atoms with E-state index in [-0.39, 0.29) is 10.6 Å². The number of benzene rings is 2. The number of anilines is 1. The van der Waals surface area contributed by atoms with Crippen LogP contribution in [0, 0.1) is 10.1 Å². The number of nitro groups is 1. The molecule has 0 radical (unpaired) electrons. The summed E-state index contributed by atoms with van der Waals surface area (Å²) in [5.41, 5.74) is 1.54. The van der Waals surface area contributed by atoms with Gasteiger partial charge in [-0.2, -0.15) is 5.10 Å². The Kier molecular flexibility index (Phi) is 6.39. The summed E-state index contributed by atoms with van der Waals surface area (Å²) in [6, 6.07) is 18.2. The van der Waals surface area contributed by atoms with E-state index in [1.54, 1.807) is 41.1 Å². The summed E-state index contributed by atoms with van der Waals surface area (Å²) in [5, 5.41) is 17.3. The van der Waals surface area contributed by atoms with Crippen LogP contribution in [0.25, 0.3) is 5.69 Å². The summed E-state index contributed by atoms with van der Waals surface area (Å²) in [7, 11) is 0. The average molecular weight is 475 g/mol. The predicted octanol–water partition coefficient (Wildman–Crippen LogP) is 5.12. The summed E-state index contributed by atoms with van der Waals surface area (Å²) in [4.78, 5) is 21.8. The van der Waals surface area contributed by atoms with Gasteiger partial charge in [0.25, 0.3) is 5.69 Å². The van der Waals surface area contributed by atoms with Gasteiger partial charge in [0.1, 0.15) is 29.8 Å². The number of piperidine rings is 1. The Labute approximate surface area is 200 Å². The lowest BCUT2D eigenvalue weighted by Crippen LogP contribution is -2.35. The molecule has 0 saturated carbocycles. The van der Waals surface area contributed by atoms with Gasteiger partial charge in [-0.3, -0.25) is 10.1 Å². The Morgan fingerprint density at radius 3 is 2.50 bits per heavy atom. The fourth-order valence-electron chi connectivity index (χ4n) is 3.92. The SMILES string of the molecule is O=[N+]([O-])c1ccc(Oc2ccc(-n3cncn3)cc2)cc1N1CCC(Sc2ccccn2)CC1. The standard InChI is InChI=1S/C24H22N6O3S/c31-30(32)22-9-8-20(33-19-6-4-18(5-7-19)29-17-25-16-27-29)15-23(22)28-13-10-21(11-14-28)34-24-3-1-2-12-26-24/h1-9,12,15-17,21H,10-11,13-14H2. The minimum Gasteiger partial charge on any atom is -0.457 e. The Morgan fingerprint density at radius 2 is 1.82 bits per heavy atom. The fourth-order valence-corrected chi connectivity index (χ4v) is 4.99. The van der Waals surface area contributed by atoms with Gasteiger partial charge in [-0.25, -0.2) is 14.6 Å². The zero-order chi connectivity index (χ0) is 23.3. The number of hydrogen-bond acceptors (Lipinski definition) is 8. The van der Waals surface area contributed by atoms with Crippen molar-refractivity contribution in [2.24, 2.45) is 0 Å². The molecule has 10 heteroatoms. The Morgan fingerprint density at radius 1 is 1.03 bits per heavy atom. The molecule has 4 aromatic rings. The molecule has 2 aromatic heterocycles. The van der Waals surface area contributed by atoms with E-state index in [0.717, 1.165) is 36.6 Å². The maximum atomic E-state index is 11.7. The van der Waals surface area contributed by atoms with Gasteiger partial charge in [-0.1, -0.05) is 6.07 Å². The third-order valence-electron chi connectivity index (χ3n) is 5.61. The van der Waals surface area contributed by atoms with Gasteiger partial charge < -0.3 is 9.64 Å². The first-order valence-electron chi connectivity index (χ1n) is 10.9. The molecule has 0 N–H and O–H groups in total. The lowest BCUT2D eigenvalue weighted by Gasteiger charge is -2.33. The topological polar surface area (TPSA) is 99.2 Å². The third kappa shape index (κ3) is 5.01. The number of aromatic nitrogens is 4. The molecule has 1 aliphatic rings. The van der Waals surface area contributed by atoms with Crippen molar-refractivity contribution in [1.29, 1.82) is 0 Å². The first-order chi connectivity index (χ1) is 16.7. The molecule has 1 fully saturated rings. The molecule has 1 aliphatic heterocycles. The molecule has 0 spiro atoms. The molecule has 0 bridgehead atoms. The van der Waals surface area contributed by atoms with E-state index >= 15 is 0 Å².